The molecule has 2 aliphatic rings. The Hall–Kier alpha value is -2.75. The number of likely N-dealkylation sites (N-methyl/N-ethyl adjacent to an activating group) is 1. The monoisotopic (exact) mass is 407 g/mol. The first-order valence-electron chi connectivity index (χ1n) is 8.99. The van der Waals surface area contributed by atoms with E-state index in [1.54, 1.807) is 6.92 Å². The molecule has 1 aliphatic carbocycles. The number of fused-ring (bicyclic) bond motifs is 1. The van der Waals surface area contributed by atoms with E-state index in [1.165, 1.54) is 18.4 Å². The van der Waals surface area contributed by atoms with Gasteiger partial charge in [-0.05, 0) is 37.7 Å². The van der Waals surface area contributed by atoms with Gasteiger partial charge >= 0.3 is 23.8 Å². The first kappa shape index (κ1) is 20.0. The highest BCUT2D eigenvalue weighted by molar-refractivity contribution is 7.17. The number of thiophene rings is 1. The number of carbonyl (C=O) groups excluding carboxylic acids is 5. The second-order valence-electron chi connectivity index (χ2n) is 6.86. The van der Waals surface area contributed by atoms with Crippen LogP contribution in [0.25, 0.3) is 0 Å². The van der Waals surface area contributed by atoms with Crippen molar-refractivity contribution in [2.45, 2.75) is 33.1 Å². The molecule has 1 aliphatic heterocycles. The van der Waals surface area contributed by atoms with Gasteiger partial charge in [0.25, 0.3) is 0 Å². The molecular weight excluding hydrogens is 386 g/mol. The molecule has 1 saturated heterocycles. The lowest BCUT2D eigenvalue weighted by molar-refractivity contribution is -0.143. The smallest absolute Gasteiger partial charge is 0.341 e. The molecule has 0 bridgehead atoms. The molecule has 0 saturated carbocycles. The van der Waals surface area contributed by atoms with Crippen LogP contribution in [0.3, 0.4) is 0 Å². The van der Waals surface area contributed by atoms with Gasteiger partial charge in [0.15, 0.2) is 0 Å². The second-order valence-corrected chi connectivity index (χ2v) is 7.97. The van der Waals surface area contributed by atoms with Crippen LogP contribution in [-0.2, 0) is 32.0 Å². The topological polar surface area (TPSA) is 113 Å². The molecule has 28 heavy (non-hydrogen) atoms. The zero-order chi connectivity index (χ0) is 20.6. The van der Waals surface area contributed by atoms with Crippen LogP contribution in [0.15, 0.2) is 0 Å². The van der Waals surface area contributed by atoms with Crippen molar-refractivity contribution in [3.05, 3.63) is 16.0 Å². The minimum atomic E-state index is -1.05. The Kier molecular flexibility index (Phi) is 5.50. The van der Waals surface area contributed by atoms with Crippen molar-refractivity contribution < 1.29 is 28.7 Å². The van der Waals surface area contributed by atoms with E-state index in [2.05, 4.69) is 12.2 Å². The fraction of sp³-hybridized carbons (Fsp3) is 0.500. The summed E-state index contributed by atoms with van der Waals surface area (Å²) >= 11 is 1.31. The summed E-state index contributed by atoms with van der Waals surface area (Å²) in [7, 11) is 1.17. The van der Waals surface area contributed by atoms with Crippen LogP contribution >= 0.6 is 11.3 Å². The van der Waals surface area contributed by atoms with Crippen LogP contribution in [0.4, 0.5) is 9.80 Å². The molecule has 9 nitrogen and oxygen atoms in total. The van der Waals surface area contributed by atoms with Gasteiger partial charge < -0.3 is 10.1 Å². The van der Waals surface area contributed by atoms with Gasteiger partial charge in [-0.25, -0.2) is 14.5 Å². The van der Waals surface area contributed by atoms with Gasteiger partial charge in [0.2, 0.25) is 5.91 Å². The van der Waals surface area contributed by atoms with Crippen LogP contribution in [0.5, 0.6) is 0 Å². The highest BCUT2D eigenvalue weighted by Crippen LogP contribution is 2.40. The largest absolute Gasteiger partial charge is 0.462 e. The Morgan fingerprint density at radius 3 is 2.57 bits per heavy atom. The van der Waals surface area contributed by atoms with Crippen LogP contribution in [0.1, 0.15) is 41.1 Å². The molecule has 1 N–H and O–H groups in total. The summed E-state index contributed by atoms with van der Waals surface area (Å²) in [6.07, 6.45) is 2.47. The molecule has 0 unspecified atom stereocenters. The molecule has 1 aromatic heterocycles. The fourth-order valence-corrected chi connectivity index (χ4v) is 4.74. The summed E-state index contributed by atoms with van der Waals surface area (Å²) in [6.45, 7) is 3.44. The molecule has 0 spiro atoms. The molecule has 1 atom stereocenters. The van der Waals surface area contributed by atoms with Crippen molar-refractivity contribution in [2.24, 2.45) is 5.92 Å². The summed E-state index contributed by atoms with van der Waals surface area (Å²) in [6, 6.07) is -0.852. The SMILES string of the molecule is CCOC(=O)c1c(NC(=O)CN2C(=O)C(=O)N(C)C2=O)sc2c1CC[C@@H](C)C2. The first-order valence-corrected chi connectivity index (χ1v) is 9.81. The quantitative estimate of drug-likeness (QED) is 0.449. The fourth-order valence-electron chi connectivity index (χ4n) is 3.32. The van der Waals surface area contributed by atoms with E-state index in [1.807, 2.05) is 0 Å². The molecule has 0 aromatic carbocycles. The first-order chi connectivity index (χ1) is 13.2. The lowest BCUT2D eigenvalue weighted by atomic mass is 9.88. The summed E-state index contributed by atoms with van der Waals surface area (Å²) < 4.78 is 5.14. The number of rotatable bonds is 5. The Morgan fingerprint density at radius 1 is 1.25 bits per heavy atom. The molecular formula is C18H21N3O6S. The molecule has 3 rings (SSSR count). The van der Waals surface area contributed by atoms with Crippen molar-refractivity contribution in [1.29, 1.82) is 0 Å². The Bertz CT molecular complexity index is 877. The average Bonchev–Trinajstić information content (AvgIpc) is 3.07. The van der Waals surface area contributed by atoms with Crippen molar-refractivity contribution in [2.75, 3.05) is 25.5 Å². The molecule has 0 radical (unpaired) electrons. The molecule has 5 amide bonds. The number of ether oxygens (including phenoxy) is 1. The van der Waals surface area contributed by atoms with E-state index in [-0.39, 0.29) is 6.61 Å². The number of nitrogens with one attached hydrogen (secondary N) is 1. The van der Waals surface area contributed by atoms with Crippen LogP contribution in [0.2, 0.25) is 0 Å². The van der Waals surface area contributed by atoms with E-state index >= 15 is 0 Å². The molecule has 10 heteroatoms. The van der Waals surface area contributed by atoms with Crippen molar-refractivity contribution in [3.63, 3.8) is 0 Å². The van der Waals surface area contributed by atoms with Gasteiger partial charge in [-0.15, -0.1) is 11.3 Å². The maximum atomic E-state index is 12.5. The predicted octanol–water partition coefficient (Wildman–Crippen LogP) is 1.41. The normalized spacial score (nSPS) is 19.1. The standard InChI is InChI=1S/C18H21N3O6S/c1-4-27-17(25)13-10-6-5-9(2)7-11(10)28-14(13)19-12(22)8-21-16(24)15(23)20(3)18(21)26/h9H,4-8H2,1-3H3,(H,19,22)/t9-/m1/s1. The van der Waals surface area contributed by atoms with Gasteiger partial charge in [-0.2, -0.15) is 0 Å². The van der Waals surface area contributed by atoms with Crippen LogP contribution < -0.4 is 5.32 Å². The molecule has 1 aromatic rings. The summed E-state index contributed by atoms with van der Waals surface area (Å²) in [5.74, 6) is -2.72. The number of hydrogen-bond acceptors (Lipinski definition) is 7. The number of imide groups is 2. The van der Waals surface area contributed by atoms with E-state index in [0.717, 1.165) is 29.7 Å². The van der Waals surface area contributed by atoms with E-state index in [4.69, 9.17) is 4.74 Å². The van der Waals surface area contributed by atoms with Gasteiger partial charge in [0.1, 0.15) is 11.5 Å². The minimum Gasteiger partial charge on any atom is -0.462 e. The number of carbonyl (C=O) groups is 5. The van der Waals surface area contributed by atoms with E-state index in [9.17, 15) is 24.0 Å². The zero-order valence-corrected chi connectivity index (χ0v) is 16.7. The van der Waals surface area contributed by atoms with Crippen molar-refractivity contribution >= 4 is 46.1 Å². The number of nitrogens with zero attached hydrogens (tertiary/aromatic N) is 2. The Balaban J connectivity index is 1.82. The van der Waals surface area contributed by atoms with E-state index < -0.39 is 36.3 Å². The molecule has 2 heterocycles. The van der Waals surface area contributed by atoms with Gasteiger partial charge in [0.05, 0.1) is 12.2 Å². The third-order valence-electron chi connectivity index (χ3n) is 4.80. The number of urea groups is 1. The maximum absolute atomic E-state index is 12.5. The summed E-state index contributed by atoms with van der Waals surface area (Å²) in [5.41, 5.74) is 1.23. The molecule has 150 valence electrons. The number of esters is 1. The third kappa shape index (κ3) is 3.51. The highest BCUT2D eigenvalue weighted by Gasteiger charge is 2.43. The number of amides is 5. The third-order valence-corrected chi connectivity index (χ3v) is 5.97. The van der Waals surface area contributed by atoms with Gasteiger partial charge in [0, 0.05) is 11.9 Å². The second kappa shape index (κ2) is 7.70. The lowest BCUT2D eigenvalue weighted by Gasteiger charge is -2.18. The van der Waals surface area contributed by atoms with E-state index in [0.29, 0.717) is 26.3 Å². The van der Waals surface area contributed by atoms with Crippen LogP contribution in [-0.4, -0.2) is 59.7 Å². The number of anilines is 1. The predicted molar refractivity (Wildman–Crippen MR) is 100.0 cm³/mol. The van der Waals surface area contributed by atoms with Crippen molar-refractivity contribution in [3.8, 4) is 0 Å². The maximum Gasteiger partial charge on any atom is 0.341 e. The van der Waals surface area contributed by atoms with Crippen molar-refractivity contribution in [1.82, 2.24) is 9.80 Å². The summed E-state index contributed by atoms with van der Waals surface area (Å²) in [4.78, 5) is 62.5. The van der Waals surface area contributed by atoms with Gasteiger partial charge in [-0.1, -0.05) is 6.92 Å². The average molecular weight is 407 g/mol. The Morgan fingerprint density at radius 2 is 1.96 bits per heavy atom. The summed E-state index contributed by atoms with van der Waals surface area (Å²) in [5, 5.41) is 2.97. The Labute approximate surface area is 165 Å². The van der Waals surface area contributed by atoms with Gasteiger partial charge in [-0.3, -0.25) is 19.3 Å². The number of hydrogen-bond donors (Lipinski definition) is 1. The van der Waals surface area contributed by atoms with Crippen LogP contribution in [0, 0.1) is 5.92 Å². The molecule has 1 fully saturated rings. The minimum absolute atomic E-state index is 0.207. The highest BCUT2D eigenvalue weighted by atomic mass is 32.1. The lowest BCUT2D eigenvalue weighted by Crippen LogP contribution is -2.38. The zero-order valence-electron chi connectivity index (χ0n) is 15.9.